The number of hydrogen-bond donors (Lipinski definition) is 2. The van der Waals surface area contributed by atoms with Crippen LogP contribution in [-0.4, -0.2) is 37.0 Å². The highest BCUT2D eigenvalue weighted by Crippen LogP contribution is 2.23. The minimum absolute atomic E-state index is 0.0423. The van der Waals surface area contributed by atoms with Crippen LogP contribution in [-0.2, 0) is 4.74 Å². The molecule has 0 aromatic heterocycles. The topological polar surface area (TPSA) is 106 Å². The number of cyclic esters (lactones) is 1. The molecule has 0 radical (unpaired) electrons. The number of hydrogen-bond acceptors (Lipinski definition) is 5. The van der Waals surface area contributed by atoms with Crippen LogP contribution >= 0.6 is 0 Å². The smallest absolute Gasteiger partial charge is 0.414 e. The lowest BCUT2D eigenvalue weighted by Crippen LogP contribution is -2.27. The van der Waals surface area contributed by atoms with E-state index in [1.54, 1.807) is 48.5 Å². The van der Waals surface area contributed by atoms with Crippen molar-refractivity contribution >= 4 is 23.4 Å². The third kappa shape index (κ3) is 3.83. The Morgan fingerprint density at radius 2 is 2.00 bits per heavy atom. The molecule has 3 rings (SSSR count). The molecule has 1 heterocycles. The summed E-state index contributed by atoms with van der Waals surface area (Å²) in [5.41, 5.74) is 7.21. The molecule has 3 N–H and O–H groups in total. The van der Waals surface area contributed by atoms with Gasteiger partial charge in [0.2, 0.25) is 0 Å². The molecule has 1 unspecified atom stereocenters. The van der Waals surface area contributed by atoms with Gasteiger partial charge in [-0.2, -0.15) is 0 Å². The second-order valence-electron chi connectivity index (χ2n) is 5.98. The summed E-state index contributed by atoms with van der Waals surface area (Å²) in [7, 11) is 0. The average Bonchev–Trinajstić information content (AvgIpc) is 3.01. The third-order valence-corrected chi connectivity index (χ3v) is 4.02. The molecule has 0 aliphatic carbocycles. The lowest BCUT2D eigenvalue weighted by molar-refractivity contribution is 0.101. The molecule has 0 saturated carbocycles. The molecular formula is C19H19N3O4. The van der Waals surface area contributed by atoms with Crippen molar-refractivity contribution in [2.75, 3.05) is 18.1 Å². The maximum atomic E-state index is 12.1. The Bertz CT molecular complexity index is 865. The predicted molar refractivity (Wildman–Crippen MR) is 97.0 cm³/mol. The highest BCUT2D eigenvalue weighted by molar-refractivity contribution is 5.97. The molecule has 1 amide bonds. The zero-order valence-corrected chi connectivity index (χ0v) is 14.3. The van der Waals surface area contributed by atoms with Gasteiger partial charge in [-0.1, -0.05) is 24.3 Å². The summed E-state index contributed by atoms with van der Waals surface area (Å²) in [6, 6.07) is 13.7. The quantitative estimate of drug-likeness (QED) is 0.472. The monoisotopic (exact) mass is 353 g/mol. The fourth-order valence-electron chi connectivity index (χ4n) is 2.65. The molecule has 2 aromatic carbocycles. The summed E-state index contributed by atoms with van der Waals surface area (Å²) in [6.07, 6.45) is -0.916. The Balaban J connectivity index is 1.65. The van der Waals surface area contributed by atoms with Crippen molar-refractivity contribution in [3.05, 3.63) is 59.7 Å². The number of rotatable bonds is 6. The number of ether oxygens (including phenoxy) is 2. The van der Waals surface area contributed by atoms with Gasteiger partial charge in [-0.05, 0) is 31.2 Å². The minimum Gasteiger partial charge on any atom is -0.490 e. The maximum Gasteiger partial charge on any atom is 0.414 e. The number of amidine groups is 1. The summed E-state index contributed by atoms with van der Waals surface area (Å²) >= 11 is 0. The number of benzene rings is 2. The molecule has 2 aromatic rings. The van der Waals surface area contributed by atoms with Gasteiger partial charge in [0.15, 0.2) is 11.9 Å². The lowest BCUT2D eigenvalue weighted by atomic mass is 10.1. The highest BCUT2D eigenvalue weighted by Gasteiger charge is 2.33. The third-order valence-electron chi connectivity index (χ3n) is 4.02. The molecule has 1 atom stereocenters. The van der Waals surface area contributed by atoms with Crippen LogP contribution in [0.4, 0.5) is 10.5 Å². The molecule has 1 aliphatic rings. The first-order valence-electron chi connectivity index (χ1n) is 8.10. The number of carbonyl (C=O) groups excluding carboxylic acids is 2. The van der Waals surface area contributed by atoms with Crippen molar-refractivity contribution in [3.63, 3.8) is 0 Å². The molecule has 1 fully saturated rings. The number of ketones is 1. The normalized spacial score (nSPS) is 16.3. The Labute approximate surface area is 150 Å². The van der Waals surface area contributed by atoms with Crippen LogP contribution in [0, 0.1) is 5.41 Å². The number of nitrogens with two attached hydrogens (primary N) is 1. The second kappa shape index (κ2) is 7.26. The molecule has 1 aliphatic heterocycles. The predicted octanol–water partition coefficient (Wildman–Crippen LogP) is 2.58. The van der Waals surface area contributed by atoms with Crippen molar-refractivity contribution in [1.82, 2.24) is 0 Å². The zero-order chi connectivity index (χ0) is 18.7. The molecule has 134 valence electrons. The van der Waals surface area contributed by atoms with Crippen LogP contribution in [0.2, 0.25) is 0 Å². The van der Waals surface area contributed by atoms with Gasteiger partial charge in [-0.15, -0.1) is 0 Å². The van der Waals surface area contributed by atoms with E-state index in [0.717, 1.165) is 0 Å². The van der Waals surface area contributed by atoms with E-state index >= 15 is 0 Å². The molecule has 1 saturated heterocycles. The Hall–Kier alpha value is -3.35. The maximum absolute atomic E-state index is 12.1. The molecule has 7 nitrogen and oxygen atoms in total. The number of nitrogens with one attached hydrogen (secondary N) is 1. The van der Waals surface area contributed by atoms with Crippen LogP contribution in [0.3, 0.4) is 0 Å². The Kier molecular flexibility index (Phi) is 4.88. The van der Waals surface area contributed by atoms with Crippen LogP contribution in [0.15, 0.2) is 48.5 Å². The molecule has 26 heavy (non-hydrogen) atoms. The van der Waals surface area contributed by atoms with E-state index in [1.807, 2.05) is 0 Å². The van der Waals surface area contributed by atoms with Gasteiger partial charge in [0, 0.05) is 16.8 Å². The zero-order valence-electron chi connectivity index (χ0n) is 14.3. The SMILES string of the molecule is CC(=O)c1cccc(OCC2CN(c3cccc(C(=N)N)c3)C(=O)O2)c1. The van der Waals surface area contributed by atoms with Crippen molar-refractivity contribution in [2.24, 2.45) is 5.73 Å². The van der Waals surface area contributed by atoms with E-state index in [9.17, 15) is 9.59 Å². The van der Waals surface area contributed by atoms with Gasteiger partial charge in [-0.25, -0.2) is 4.79 Å². The standard InChI is InChI=1S/C19H19N3O4/c1-12(23)13-4-3-7-16(9-13)25-11-17-10-22(19(24)26-17)15-6-2-5-14(8-15)18(20)21/h2-9,17H,10-11H2,1H3,(H3,20,21). The molecule has 7 heteroatoms. The largest absolute Gasteiger partial charge is 0.490 e. The van der Waals surface area contributed by atoms with E-state index in [1.165, 1.54) is 11.8 Å². The molecule has 0 spiro atoms. The van der Waals surface area contributed by atoms with Gasteiger partial charge in [-0.3, -0.25) is 15.1 Å². The number of Topliss-reactive ketones (excluding diaryl/α,β-unsaturated/α-hetero) is 1. The van der Waals surface area contributed by atoms with Crippen molar-refractivity contribution in [3.8, 4) is 5.75 Å². The van der Waals surface area contributed by atoms with Crippen molar-refractivity contribution in [1.29, 1.82) is 5.41 Å². The summed E-state index contributed by atoms with van der Waals surface area (Å²) in [5, 5.41) is 7.50. The fraction of sp³-hybridized carbons (Fsp3) is 0.211. The van der Waals surface area contributed by atoms with Gasteiger partial charge in [0.25, 0.3) is 0 Å². The van der Waals surface area contributed by atoms with Gasteiger partial charge >= 0.3 is 6.09 Å². The number of nitrogen functional groups attached to an aromatic ring is 1. The highest BCUT2D eigenvalue weighted by atomic mass is 16.6. The van der Waals surface area contributed by atoms with Crippen LogP contribution < -0.4 is 15.4 Å². The number of nitrogens with zero attached hydrogens (tertiary/aromatic N) is 1. The van der Waals surface area contributed by atoms with E-state index in [2.05, 4.69) is 0 Å². The minimum atomic E-state index is -0.475. The second-order valence-corrected chi connectivity index (χ2v) is 5.98. The first kappa shape index (κ1) is 17.5. The van der Waals surface area contributed by atoms with E-state index in [0.29, 0.717) is 29.1 Å². The summed E-state index contributed by atoms with van der Waals surface area (Å²) in [6.45, 7) is 1.99. The number of amides is 1. The Morgan fingerprint density at radius 1 is 1.27 bits per heavy atom. The van der Waals surface area contributed by atoms with Crippen LogP contribution in [0.1, 0.15) is 22.8 Å². The average molecular weight is 353 g/mol. The van der Waals surface area contributed by atoms with E-state index < -0.39 is 12.2 Å². The van der Waals surface area contributed by atoms with E-state index in [-0.39, 0.29) is 18.2 Å². The van der Waals surface area contributed by atoms with Crippen LogP contribution in [0.25, 0.3) is 0 Å². The number of carbonyl (C=O) groups is 2. The molecular weight excluding hydrogens is 334 g/mol. The van der Waals surface area contributed by atoms with Crippen LogP contribution in [0.5, 0.6) is 5.75 Å². The first-order valence-corrected chi connectivity index (χ1v) is 8.10. The van der Waals surface area contributed by atoms with Gasteiger partial charge in [0.05, 0.1) is 6.54 Å². The Morgan fingerprint density at radius 3 is 2.73 bits per heavy atom. The van der Waals surface area contributed by atoms with Crippen molar-refractivity contribution in [2.45, 2.75) is 13.0 Å². The van der Waals surface area contributed by atoms with Crippen molar-refractivity contribution < 1.29 is 19.1 Å². The first-order chi connectivity index (χ1) is 12.4. The fourth-order valence-corrected chi connectivity index (χ4v) is 2.65. The number of anilines is 1. The lowest BCUT2D eigenvalue weighted by Gasteiger charge is -2.14. The van der Waals surface area contributed by atoms with E-state index in [4.69, 9.17) is 20.6 Å². The summed E-state index contributed by atoms with van der Waals surface area (Å²) in [5.74, 6) is 0.440. The van der Waals surface area contributed by atoms with Gasteiger partial charge < -0.3 is 15.2 Å². The molecule has 0 bridgehead atoms. The summed E-state index contributed by atoms with van der Waals surface area (Å²) < 4.78 is 11.0. The summed E-state index contributed by atoms with van der Waals surface area (Å²) in [4.78, 5) is 25.0. The van der Waals surface area contributed by atoms with Gasteiger partial charge in [0.1, 0.15) is 18.2 Å².